The lowest BCUT2D eigenvalue weighted by atomic mass is 9.82. The Hall–Kier alpha value is -1.85. The zero-order valence-corrected chi connectivity index (χ0v) is 14.4. The van der Waals surface area contributed by atoms with Crippen molar-refractivity contribution in [3.63, 3.8) is 0 Å². The number of aliphatic carboxylic acids is 1. The van der Waals surface area contributed by atoms with Crippen molar-refractivity contribution in [3.05, 3.63) is 17.0 Å². The van der Waals surface area contributed by atoms with Crippen LogP contribution in [0.5, 0.6) is 0 Å². The molecule has 0 fully saturated rings. The fourth-order valence-electron chi connectivity index (χ4n) is 2.84. The number of rotatable bonds is 7. The molecule has 124 valence electrons. The molecular formula is C16H27N3O3. The molecule has 1 aromatic rings. The lowest BCUT2D eigenvalue weighted by Crippen LogP contribution is -2.43. The van der Waals surface area contributed by atoms with E-state index in [1.54, 1.807) is 4.68 Å². The van der Waals surface area contributed by atoms with E-state index in [1.165, 1.54) is 0 Å². The number of carboxylic acid groups (broad SMARTS) is 1. The summed E-state index contributed by atoms with van der Waals surface area (Å²) in [4.78, 5) is 23.9. The van der Waals surface area contributed by atoms with Gasteiger partial charge in [-0.3, -0.25) is 14.3 Å². The average Bonchev–Trinajstić information content (AvgIpc) is 2.72. The van der Waals surface area contributed by atoms with Gasteiger partial charge in [0.25, 0.3) is 0 Å². The second kappa shape index (κ2) is 6.94. The number of carboxylic acids is 1. The van der Waals surface area contributed by atoms with E-state index < -0.39 is 11.4 Å². The third kappa shape index (κ3) is 3.31. The molecule has 6 nitrogen and oxygen atoms in total. The second-order valence-corrected chi connectivity index (χ2v) is 5.94. The zero-order valence-electron chi connectivity index (χ0n) is 14.4. The molecule has 0 spiro atoms. The van der Waals surface area contributed by atoms with E-state index in [2.05, 4.69) is 10.4 Å². The maximum absolute atomic E-state index is 12.4. The molecule has 0 saturated carbocycles. The van der Waals surface area contributed by atoms with Gasteiger partial charge in [0.1, 0.15) is 0 Å². The van der Waals surface area contributed by atoms with Crippen molar-refractivity contribution in [2.45, 2.75) is 53.4 Å². The minimum atomic E-state index is -0.894. The van der Waals surface area contributed by atoms with Crippen LogP contribution in [0.4, 0.5) is 0 Å². The van der Waals surface area contributed by atoms with Crippen molar-refractivity contribution in [3.8, 4) is 0 Å². The van der Waals surface area contributed by atoms with Gasteiger partial charge < -0.3 is 10.4 Å². The highest BCUT2D eigenvalue weighted by Crippen LogP contribution is 2.27. The average molecular weight is 309 g/mol. The molecule has 0 aliphatic heterocycles. The van der Waals surface area contributed by atoms with Crippen LogP contribution >= 0.6 is 0 Å². The van der Waals surface area contributed by atoms with Crippen LogP contribution in [0.15, 0.2) is 0 Å². The summed E-state index contributed by atoms with van der Waals surface area (Å²) in [7, 11) is 1.85. The van der Waals surface area contributed by atoms with Gasteiger partial charge in [-0.25, -0.2) is 0 Å². The van der Waals surface area contributed by atoms with E-state index in [9.17, 15) is 14.7 Å². The molecule has 2 N–H and O–H groups in total. The van der Waals surface area contributed by atoms with E-state index in [1.807, 2.05) is 41.7 Å². The van der Waals surface area contributed by atoms with Crippen molar-refractivity contribution in [2.75, 3.05) is 6.54 Å². The summed E-state index contributed by atoms with van der Waals surface area (Å²) in [5.74, 6) is -1.38. The third-order valence-corrected chi connectivity index (χ3v) is 4.80. The topological polar surface area (TPSA) is 84.2 Å². The summed E-state index contributed by atoms with van der Waals surface area (Å²) >= 11 is 0. The molecular weight excluding hydrogens is 282 g/mol. The first-order chi connectivity index (χ1) is 10.2. The number of nitrogens with zero attached hydrogens (tertiary/aromatic N) is 2. The smallest absolute Gasteiger partial charge is 0.311 e. The molecule has 1 amide bonds. The Morgan fingerprint density at radius 3 is 2.23 bits per heavy atom. The van der Waals surface area contributed by atoms with E-state index in [-0.39, 0.29) is 18.4 Å². The fraction of sp³-hybridized carbons (Fsp3) is 0.688. The maximum Gasteiger partial charge on any atom is 0.311 e. The minimum absolute atomic E-state index is 0.150. The van der Waals surface area contributed by atoms with Gasteiger partial charge in [-0.15, -0.1) is 0 Å². The van der Waals surface area contributed by atoms with E-state index in [4.69, 9.17) is 0 Å². The Morgan fingerprint density at radius 2 is 1.86 bits per heavy atom. The van der Waals surface area contributed by atoms with Gasteiger partial charge in [0, 0.05) is 24.8 Å². The number of nitrogens with one attached hydrogen (secondary N) is 1. The van der Waals surface area contributed by atoms with E-state index in [0.717, 1.165) is 17.0 Å². The Morgan fingerprint density at radius 1 is 1.32 bits per heavy atom. The monoisotopic (exact) mass is 309 g/mol. The SMILES string of the molecule is CCC(CC)(CNC(=O)C(C)c1c(C)nn(C)c1C)C(=O)O. The number of amides is 1. The second-order valence-electron chi connectivity index (χ2n) is 5.94. The first kappa shape index (κ1) is 18.2. The molecule has 0 aliphatic rings. The summed E-state index contributed by atoms with van der Waals surface area (Å²) in [5.41, 5.74) is 1.80. The lowest BCUT2D eigenvalue weighted by Gasteiger charge is -2.27. The number of hydrogen-bond acceptors (Lipinski definition) is 3. The first-order valence-electron chi connectivity index (χ1n) is 7.71. The van der Waals surface area contributed by atoms with Crippen LogP contribution in [0.3, 0.4) is 0 Å². The van der Waals surface area contributed by atoms with Crippen molar-refractivity contribution in [1.29, 1.82) is 0 Å². The van der Waals surface area contributed by atoms with Gasteiger partial charge in [0.15, 0.2) is 0 Å². The van der Waals surface area contributed by atoms with Crippen LogP contribution in [0, 0.1) is 19.3 Å². The van der Waals surface area contributed by atoms with Gasteiger partial charge in [0.2, 0.25) is 5.91 Å². The zero-order chi connectivity index (χ0) is 17.1. The Labute approximate surface area is 131 Å². The first-order valence-corrected chi connectivity index (χ1v) is 7.71. The van der Waals surface area contributed by atoms with Gasteiger partial charge in [-0.05, 0) is 33.6 Å². The van der Waals surface area contributed by atoms with Crippen LogP contribution in [0.2, 0.25) is 0 Å². The minimum Gasteiger partial charge on any atom is -0.481 e. The third-order valence-electron chi connectivity index (χ3n) is 4.80. The molecule has 6 heteroatoms. The Bertz CT molecular complexity index is 559. The number of aromatic nitrogens is 2. The molecule has 22 heavy (non-hydrogen) atoms. The number of carbonyl (C=O) groups is 2. The molecule has 1 heterocycles. The van der Waals surface area contributed by atoms with Crippen molar-refractivity contribution < 1.29 is 14.7 Å². The maximum atomic E-state index is 12.4. The van der Waals surface area contributed by atoms with Crippen molar-refractivity contribution in [2.24, 2.45) is 12.5 Å². The molecule has 1 aromatic heterocycles. The Balaban J connectivity index is 2.87. The van der Waals surface area contributed by atoms with Gasteiger partial charge in [-0.2, -0.15) is 5.10 Å². The predicted octanol–water partition coefficient (Wildman–Crippen LogP) is 2.15. The fourth-order valence-corrected chi connectivity index (χ4v) is 2.84. The summed E-state index contributed by atoms with van der Waals surface area (Å²) in [6.45, 7) is 9.46. The molecule has 0 aromatic carbocycles. The van der Waals surface area contributed by atoms with Crippen LogP contribution < -0.4 is 5.32 Å². The van der Waals surface area contributed by atoms with Gasteiger partial charge >= 0.3 is 5.97 Å². The standard InChI is InChI=1S/C16H27N3O3/c1-7-16(8-2,15(21)22)9-17-14(20)10(3)13-11(4)18-19(6)12(13)5/h10H,7-9H2,1-6H3,(H,17,20)(H,21,22). The summed E-state index contributed by atoms with van der Waals surface area (Å²) < 4.78 is 1.76. The Kier molecular flexibility index (Phi) is 5.74. The van der Waals surface area contributed by atoms with Crippen LogP contribution in [0.1, 0.15) is 56.5 Å². The highest BCUT2D eigenvalue weighted by Gasteiger charge is 2.35. The molecule has 0 radical (unpaired) electrons. The number of carbonyl (C=O) groups excluding carboxylic acids is 1. The molecule has 1 atom stereocenters. The van der Waals surface area contributed by atoms with Crippen LogP contribution in [0.25, 0.3) is 0 Å². The summed E-state index contributed by atoms with van der Waals surface area (Å²) in [5, 5.41) is 16.6. The van der Waals surface area contributed by atoms with Crippen LogP contribution in [-0.4, -0.2) is 33.3 Å². The molecule has 1 rings (SSSR count). The van der Waals surface area contributed by atoms with E-state index in [0.29, 0.717) is 12.8 Å². The largest absolute Gasteiger partial charge is 0.481 e. The molecule has 0 saturated heterocycles. The molecule has 0 aliphatic carbocycles. The summed E-state index contributed by atoms with van der Waals surface area (Å²) in [6.07, 6.45) is 0.969. The van der Waals surface area contributed by atoms with Crippen molar-refractivity contribution in [1.82, 2.24) is 15.1 Å². The predicted molar refractivity (Wildman–Crippen MR) is 84.8 cm³/mol. The number of hydrogen-bond donors (Lipinski definition) is 2. The van der Waals surface area contributed by atoms with Gasteiger partial charge in [-0.1, -0.05) is 13.8 Å². The quantitative estimate of drug-likeness (QED) is 0.808. The van der Waals surface area contributed by atoms with Gasteiger partial charge in [0.05, 0.1) is 17.0 Å². The molecule has 0 bridgehead atoms. The lowest BCUT2D eigenvalue weighted by molar-refractivity contribution is -0.149. The molecule has 1 unspecified atom stereocenters. The normalized spacial score (nSPS) is 13.0. The van der Waals surface area contributed by atoms with Crippen molar-refractivity contribution >= 4 is 11.9 Å². The van der Waals surface area contributed by atoms with Crippen LogP contribution in [-0.2, 0) is 16.6 Å². The highest BCUT2D eigenvalue weighted by atomic mass is 16.4. The number of aryl methyl sites for hydroxylation is 2. The highest BCUT2D eigenvalue weighted by molar-refractivity contribution is 5.84. The summed E-state index contributed by atoms with van der Waals surface area (Å²) in [6, 6.07) is 0. The van der Waals surface area contributed by atoms with E-state index >= 15 is 0 Å².